The molecule has 256 valence electrons. The average Bonchev–Trinajstić information content (AvgIpc) is 3.12. The summed E-state index contributed by atoms with van der Waals surface area (Å²) in [6, 6.07) is 16.5. The maximum Gasteiger partial charge on any atom is 0.330 e. The van der Waals surface area contributed by atoms with Gasteiger partial charge in [-0.2, -0.15) is 0 Å². The van der Waals surface area contributed by atoms with Crippen LogP contribution < -0.4 is 21.3 Å². The number of aromatic nitrogens is 4. The summed E-state index contributed by atoms with van der Waals surface area (Å²) in [6.07, 6.45) is 2.75. The van der Waals surface area contributed by atoms with Crippen LogP contribution in [0.2, 0.25) is 10.0 Å². The minimum absolute atomic E-state index is 0.256. The quantitative estimate of drug-likeness (QED) is 0.180. The van der Waals surface area contributed by atoms with Crippen molar-refractivity contribution in [2.24, 2.45) is 20.0 Å². The zero-order chi connectivity index (χ0) is 35.4. The second-order valence-corrected chi connectivity index (χ2v) is 12.2. The minimum atomic E-state index is -0.736. The van der Waals surface area contributed by atoms with Gasteiger partial charge in [-0.05, 0) is 44.1 Å². The third-order valence-corrected chi connectivity index (χ3v) is 9.48. The Kier molecular flexibility index (Phi) is 11.1. The van der Waals surface area contributed by atoms with Gasteiger partial charge in [0.25, 0.3) is 5.56 Å². The first kappa shape index (κ1) is 35.6. The van der Waals surface area contributed by atoms with Gasteiger partial charge in [-0.3, -0.25) is 23.6 Å². The molecule has 1 aliphatic rings. The highest BCUT2D eigenvalue weighted by Crippen LogP contribution is 2.42. The van der Waals surface area contributed by atoms with Crippen LogP contribution in [0.5, 0.6) is 5.88 Å². The highest BCUT2D eigenvalue weighted by molar-refractivity contribution is 6.39. The van der Waals surface area contributed by atoms with Crippen molar-refractivity contribution in [2.75, 3.05) is 25.5 Å². The van der Waals surface area contributed by atoms with Crippen LogP contribution in [-0.2, 0) is 25.4 Å². The van der Waals surface area contributed by atoms with Gasteiger partial charge in [0.15, 0.2) is 0 Å². The Bertz CT molecular complexity index is 2140. The zero-order valence-corrected chi connectivity index (χ0v) is 29.5. The molecule has 0 unspecified atom stereocenters. The normalized spacial score (nSPS) is 13.5. The largest absolute Gasteiger partial charge is 0.481 e. The van der Waals surface area contributed by atoms with Crippen LogP contribution in [0.25, 0.3) is 33.3 Å². The summed E-state index contributed by atoms with van der Waals surface area (Å²) < 4.78 is 8.10. The predicted molar refractivity (Wildman–Crippen MR) is 194 cm³/mol. The van der Waals surface area contributed by atoms with Gasteiger partial charge in [-0.25, -0.2) is 14.8 Å². The Morgan fingerprint density at radius 2 is 1.59 bits per heavy atom. The van der Waals surface area contributed by atoms with E-state index in [2.05, 4.69) is 15.2 Å². The topological polar surface area (TPSA) is 132 Å². The molecule has 0 aliphatic carbocycles. The van der Waals surface area contributed by atoms with Crippen molar-refractivity contribution < 1.29 is 14.6 Å². The van der Waals surface area contributed by atoms with E-state index in [1.165, 1.54) is 17.8 Å². The second kappa shape index (κ2) is 15.2. The predicted octanol–water partition coefficient (Wildman–Crippen LogP) is 6.74. The van der Waals surface area contributed by atoms with E-state index in [1.54, 1.807) is 26.3 Å². The van der Waals surface area contributed by atoms with Crippen LogP contribution in [0.3, 0.4) is 0 Å². The van der Waals surface area contributed by atoms with Gasteiger partial charge in [-0.15, -0.1) is 0 Å². The van der Waals surface area contributed by atoms with E-state index in [0.29, 0.717) is 82.0 Å². The lowest BCUT2D eigenvalue weighted by Gasteiger charge is -2.30. The number of hydrogen-bond acceptors (Lipinski definition) is 8. The number of carbonyl (C=O) groups is 1. The molecule has 1 fully saturated rings. The Morgan fingerprint density at radius 1 is 0.939 bits per heavy atom. The van der Waals surface area contributed by atoms with Crippen molar-refractivity contribution in [3.8, 4) is 28.3 Å². The number of fused-ring (bicyclic) bond motifs is 1. The van der Waals surface area contributed by atoms with E-state index < -0.39 is 17.2 Å². The van der Waals surface area contributed by atoms with E-state index in [4.69, 9.17) is 32.9 Å². The lowest BCUT2D eigenvalue weighted by atomic mass is 9.97. The molecular formula is C36H38Cl2N6O5. The minimum Gasteiger partial charge on any atom is -0.481 e. The lowest BCUT2D eigenvalue weighted by Crippen LogP contribution is -2.37. The molecule has 2 N–H and O–H groups in total. The average molecular weight is 706 g/mol. The van der Waals surface area contributed by atoms with Crippen LogP contribution >= 0.6 is 23.2 Å². The number of carboxylic acid groups (broad SMARTS) is 1. The molecular weight excluding hydrogens is 667 g/mol. The maximum absolute atomic E-state index is 13.1. The van der Waals surface area contributed by atoms with Crippen molar-refractivity contribution >= 4 is 51.6 Å². The standard InChI is InChI=1S/C34H32Cl2N6O5.C2H6/c1-40-26-12-15-37-30(27(26)32(43)41(2)34(40)46)38-25-9-5-7-22(29(25)36)21-6-4-8-23(28(21)35)24-11-10-20(31(39-24)47-3)18-42-16-13-19(14-17-42)33(44)45;1-2/h4-12,15,19H,13-14,16-18H2,1-3H3,(H,37,38)(H,44,45);1-2H3. The number of ether oxygens (including phenoxy) is 1. The van der Waals surface area contributed by atoms with Crippen molar-refractivity contribution in [2.45, 2.75) is 33.2 Å². The Labute approximate surface area is 293 Å². The van der Waals surface area contributed by atoms with E-state index >= 15 is 0 Å². The molecule has 4 heterocycles. The highest BCUT2D eigenvalue weighted by atomic mass is 35.5. The fourth-order valence-electron chi connectivity index (χ4n) is 6.02. The number of halogens is 2. The molecule has 0 radical (unpaired) electrons. The summed E-state index contributed by atoms with van der Waals surface area (Å²) in [5.41, 5.74) is 3.56. The number of aryl methyl sites for hydroxylation is 1. The fourth-order valence-corrected chi connectivity index (χ4v) is 6.62. The number of likely N-dealkylation sites (tertiary alicyclic amines) is 1. The number of methoxy groups -OCH3 is 1. The molecule has 3 aromatic heterocycles. The van der Waals surface area contributed by atoms with Crippen LogP contribution in [0, 0.1) is 5.92 Å². The summed E-state index contributed by atoms with van der Waals surface area (Å²) >= 11 is 14.0. The SMILES string of the molecule is CC.COc1nc(-c2cccc(-c3cccc(Nc4nccc5c4c(=O)n(C)c(=O)n5C)c3Cl)c2Cl)ccc1CN1CCC(C(=O)O)CC1. The van der Waals surface area contributed by atoms with Crippen molar-refractivity contribution in [1.82, 2.24) is 24.0 Å². The summed E-state index contributed by atoms with van der Waals surface area (Å²) in [5, 5.41) is 13.6. The third kappa shape index (κ3) is 7.05. The summed E-state index contributed by atoms with van der Waals surface area (Å²) in [6.45, 7) is 5.98. The first-order valence-corrected chi connectivity index (χ1v) is 16.7. The lowest BCUT2D eigenvalue weighted by molar-refractivity contribution is -0.143. The molecule has 0 atom stereocenters. The Hall–Kier alpha value is -4.71. The van der Waals surface area contributed by atoms with Gasteiger partial charge in [0.05, 0.1) is 40.0 Å². The summed E-state index contributed by atoms with van der Waals surface area (Å²) in [7, 11) is 4.60. The molecule has 11 nitrogen and oxygen atoms in total. The van der Waals surface area contributed by atoms with Gasteiger partial charge in [0.1, 0.15) is 11.2 Å². The number of piperidine rings is 1. The third-order valence-electron chi connectivity index (χ3n) is 8.66. The van der Waals surface area contributed by atoms with Crippen LogP contribution in [0.15, 0.2) is 70.4 Å². The van der Waals surface area contributed by atoms with Crippen molar-refractivity contribution in [1.29, 1.82) is 0 Å². The first-order chi connectivity index (χ1) is 23.6. The van der Waals surface area contributed by atoms with E-state index in [0.717, 1.165) is 10.1 Å². The molecule has 13 heteroatoms. The van der Waals surface area contributed by atoms with Crippen LogP contribution in [0.1, 0.15) is 32.3 Å². The molecule has 1 saturated heterocycles. The zero-order valence-electron chi connectivity index (χ0n) is 28.0. The molecule has 0 spiro atoms. The van der Waals surface area contributed by atoms with E-state index in [-0.39, 0.29) is 17.1 Å². The van der Waals surface area contributed by atoms with Gasteiger partial charge < -0.3 is 15.2 Å². The Morgan fingerprint density at radius 3 is 2.27 bits per heavy atom. The molecule has 0 saturated carbocycles. The number of nitrogens with zero attached hydrogens (tertiary/aromatic N) is 5. The molecule has 6 rings (SSSR count). The van der Waals surface area contributed by atoms with E-state index in [9.17, 15) is 19.5 Å². The van der Waals surface area contributed by atoms with Gasteiger partial charge in [0, 0.05) is 49.1 Å². The smallest absolute Gasteiger partial charge is 0.330 e. The molecule has 0 amide bonds. The number of nitrogens with one attached hydrogen (secondary N) is 1. The van der Waals surface area contributed by atoms with Crippen LogP contribution in [-0.4, -0.2) is 55.3 Å². The molecule has 49 heavy (non-hydrogen) atoms. The second-order valence-electron chi connectivity index (χ2n) is 11.5. The maximum atomic E-state index is 13.1. The Balaban J connectivity index is 0.00000230. The molecule has 5 aromatic rings. The number of benzene rings is 2. The van der Waals surface area contributed by atoms with Gasteiger partial charge in [0.2, 0.25) is 5.88 Å². The molecule has 1 aliphatic heterocycles. The van der Waals surface area contributed by atoms with E-state index in [1.807, 2.05) is 56.3 Å². The van der Waals surface area contributed by atoms with Gasteiger partial charge in [-0.1, -0.05) is 73.4 Å². The number of carboxylic acids is 1. The van der Waals surface area contributed by atoms with Crippen molar-refractivity contribution in [3.63, 3.8) is 0 Å². The van der Waals surface area contributed by atoms with Gasteiger partial charge >= 0.3 is 11.7 Å². The first-order valence-electron chi connectivity index (χ1n) is 16.0. The summed E-state index contributed by atoms with van der Waals surface area (Å²) in [5.74, 6) is -0.298. The number of pyridine rings is 2. The van der Waals surface area contributed by atoms with Crippen molar-refractivity contribution in [3.05, 3.63) is 97.2 Å². The molecule has 2 aromatic carbocycles. The number of anilines is 2. The number of hydrogen-bond donors (Lipinski definition) is 2. The number of aliphatic carboxylic acids is 1. The van der Waals surface area contributed by atoms with Crippen LogP contribution in [0.4, 0.5) is 11.5 Å². The monoisotopic (exact) mass is 704 g/mol. The summed E-state index contributed by atoms with van der Waals surface area (Å²) in [4.78, 5) is 48.3. The highest BCUT2D eigenvalue weighted by Gasteiger charge is 2.25. The number of rotatable bonds is 8. The fraction of sp³-hybridized carbons (Fsp3) is 0.306. The molecule has 0 bridgehead atoms.